The molecule has 1 aromatic carbocycles. The maximum Gasteiger partial charge on any atom is 0.0654 e. The van der Waals surface area contributed by atoms with Gasteiger partial charge in [-0.1, -0.05) is 22.0 Å². The maximum atomic E-state index is 5.24. The summed E-state index contributed by atoms with van der Waals surface area (Å²) in [7, 11) is 0. The molecule has 1 N–H and O–H groups in total. The molecule has 0 amide bonds. The van der Waals surface area contributed by atoms with Gasteiger partial charge in [0.1, 0.15) is 0 Å². The number of fused-ring (bicyclic) bond motifs is 1. The Balaban J connectivity index is 2.14. The summed E-state index contributed by atoms with van der Waals surface area (Å²) in [5, 5.41) is 0. The van der Waals surface area contributed by atoms with Crippen LogP contribution in [0.2, 0.25) is 0 Å². The van der Waals surface area contributed by atoms with E-state index >= 15 is 0 Å². The molecule has 1 atom stereocenters. The predicted octanol–water partition coefficient (Wildman–Crippen LogP) is 2.98. The Labute approximate surface area is 92.7 Å². The van der Waals surface area contributed by atoms with Crippen molar-refractivity contribution in [1.29, 1.82) is 0 Å². The van der Waals surface area contributed by atoms with Gasteiger partial charge < -0.3 is 4.84 Å². The van der Waals surface area contributed by atoms with Crippen LogP contribution in [0.5, 0.6) is 0 Å². The second-order valence-electron chi connectivity index (χ2n) is 3.49. The molecule has 0 bridgehead atoms. The number of hydrogen-bond donors (Lipinski definition) is 1. The van der Waals surface area contributed by atoms with Gasteiger partial charge in [-0.3, -0.25) is 0 Å². The van der Waals surface area contributed by atoms with Crippen LogP contribution in [0.3, 0.4) is 0 Å². The number of nitrogens with one attached hydrogen (secondary N) is 1. The van der Waals surface area contributed by atoms with Crippen molar-refractivity contribution in [3.63, 3.8) is 0 Å². The number of benzene rings is 1. The van der Waals surface area contributed by atoms with Crippen molar-refractivity contribution in [2.75, 3.05) is 6.61 Å². The average Bonchev–Trinajstić information content (AvgIpc) is 2.57. The van der Waals surface area contributed by atoms with Crippen LogP contribution in [0.15, 0.2) is 22.7 Å². The fourth-order valence-electron chi connectivity index (χ4n) is 1.89. The van der Waals surface area contributed by atoms with Crippen molar-refractivity contribution >= 4 is 15.9 Å². The van der Waals surface area contributed by atoms with Crippen molar-refractivity contribution in [3.05, 3.63) is 33.8 Å². The van der Waals surface area contributed by atoms with Gasteiger partial charge in [0, 0.05) is 4.47 Å². The minimum Gasteiger partial charge on any atom is -0.302 e. The standard InChI is InChI=1S/C11H14BrNO/c1-2-14-13-11-6-3-8-7-9(12)4-5-10(8)11/h4-5,7,11,13H,2-3,6H2,1H3. The topological polar surface area (TPSA) is 21.3 Å². The van der Waals surface area contributed by atoms with Crippen LogP contribution in [0, 0.1) is 0 Å². The Kier molecular flexibility index (Phi) is 3.21. The van der Waals surface area contributed by atoms with Gasteiger partial charge >= 0.3 is 0 Å². The lowest BCUT2D eigenvalue weighted by Gasteiger charge is -2.12. The summed E-state index contributed by atoms with van der Waals surface area (Å²) in [5.74, 6) is 0. The summed E-state index contributed by atoms with van der Waals surface area (Å²) in [6, 6.07) is 6.83. The maximum absolute atomic E-state index is 5.24. The van der Waals surface area contributed by atoms with Crippen LogP contribution in [0.4, 0.5) is 0 Å². The Hall–Kier alpha value is -0.380. The van der Waals surface area contributed by atoms with E-state index in [-0.39, 0.29) is 0 Å². The second kappa shape index (κ2) is 4.43. The molecular weight excluding hydrogens is 242 g/mol. The van der Waals surface area contributed by atoms with E-state index in [9.17, 15) is 0 Å². The van der Waals surface area contributed by atoms with E-state index in [1.165, 1.54) is 11.1 Å². The third-order valence-corrected chi connectivity index (χ3v) is 3.05. The first-order valence-electron chi connectivity index (χ1n) is 4.97. The molecule has 1 unspecified atom stereocenters. The van der Waals surface area contributed by atoms with Crippen LogP contribution in [0.25, 0.3) is 0 Å². The van der Waals surface area contributed by atoms with Crippen LogP contribution in [-0.2, 0) is 11.3 Å². The van der Waals surface area contributed by atoms with Gasteiger partial charge in [-0.15, -0.1) is 0 Å². The Morgan fingerprint density at radius 2 is 2.43 bits per heavy atom. The molecule has 0 aliphatic heterocycles. The molecule has 14 heavy (non-hydrogen) atoms. The average molecular weight is 256 g/mol. The van der Waals surface area contributed by atoms with Crippen molar-refractivity contribution < 1.29 is 4.84 Å². The first-order chi connectivity index (χ1) is 6.81. The zero-order valence-corrected chi connectivity index (χ0v) is 9.80. The molecule has 0 spiro atoms. The molecule has 0 radical (unpaired) electrons. The summed E-state index contributed by atoms with van der Waals surface area (Å²) in [6.07, 6.45) is 2.27. The fraction of sp³-hybridized carbons (Fsp3) is 0.455. The van der Waals surface area contributed by atoms with E-state index in [2.05, 4.69) is 39.6 Å². The minimum absolute atomic E-state index is 0.373. The largest absolute Gasteiger partial charge is 0.302 e. The summed E-state index contributed by atoms with van der Waals surface area (Å²) in [5.41, 5.74) is 5.90. The zero-order chi connectivity index (χ0) is 9.97. The van der Waals surface area contributed by atoms with E-state index in [1.807, 2.05) is 6.92 Å². The van der Waals surface area contributed by atoms with Crippen molar-refractivity contribution in [1.82, 2.24) is 5.48 Å². The third-order valence-electron chi connectivity index (χ3n) is 2.55. The van der Waals surface area contributed by atoms with E-state index in [1.54, 1.807) is 0 Å². The summed E-state index contributed by atoms with van der Waals surface area (Å²) >= 11 is 3.49. The molecule has 0 aromatic heterocycles. The number of hydrogen-bond acceptors (Lipinski definition) is 2. The van der Waals surface area contributed by atoms with Gasteiger partial charge in [0.15, 0.2) is 0 Å². The SMILES string of the molecule is CCONC1CCc2cc(Br)ccc21. The Morgan fingerprint density at radius 3 is 3.21 bits per heavy atom. The lowest BCUT2D eigenvalue weighted by molar-refractivity contribution is 0.0244. The molecule has 2 rings (SSSR count). The van der Waals surface area contributed by atoms with Crippen molar-refractivity contribution in [2.24, 2.45) is 0 Å². The van der Waals surface area contributed by atoms with Crippen LogP contribution in [-0.4, -0.2) is 6.61 Å². The van der Waals surface area contributed by atoms with Gasteiger partial charge in [0.05, 0.1) is 12.6 Å². The van der Waals surface area contributed by atoms with E-state index in [0.717, 1.165) is 17.3 Å². The normalized spacial score (nSPS) is 19.7. The number of hydroxylamine groups is 1. The highest BCUT2D eigenvalue weighted by Gasteiger charge is 2.21. The Bertz CT molecular complexity index is 327. The highest BCUT2D eigenvalue weighted by molar-refractivity contribution is 9.10. The lowest BCUT2D eigenvalue weighted by Crippen LogP contribution is -2.19. The van der Waals surface area contributed by atoms with E-state index < -0.39 is 0 Å². The molecule has 1 aliphatic rings. The van der Waals surface area contributed by atoms with Gasteiger partial charge in [-0.05, 0) is 43.0 Å². The monoisotopic (exact) mass is 255 g/mol. The highest BCUT2D eigenvalue weighted by atomic mass is 79.9. The number of rotatable bonds is 3. The highest BCUT2D eigenvalue weighted by Crippen LogP contribution is 2.32. The van der Waals surface area contributed by atoms with E-state index in [0.29, 0.717) is 12.6 Å². The van der Waals surface area contributed by atoms with Crippen molar-refractivity contribution in [2.45, 2.75) is 25.8 Å². The minimum atomic E-state index is 0.373. The van der Waals surface area contributed by atoms with E-state index in [4.69, 9.17) is 4.84 Å². The molecule has 0 saturated heterocycles. The quantitative estimate of drug-likeness (QED) is 0.839. The van der Waals surface area contributed by atoms with Crippen LogP contribution < -0.4 is 5.48 Å². The molecule has 76 valence electrons. The molecule has 3 heteroatoms. The second-order valence-corrected chi connectivity index (χ2v) is 4.40. The van der Waals surface area contributed by atoms with Gasteiger partial charge in [0.25, 0.3) is 0 Å². The van der Waals surface area contributed by atoms with Gasteiger partial charge in [0.2, 0.25) is 0 Å². The molecule has 2 nitrogen and oxygen atoms in total. The summed E-state index contributed by atoms with van der Waals surface area (Å²) < 4.78 is 1.16. The summed E-state index contributed by atoms with van der Waals surface area (Å²) in [4.78, 5) is 5.24. The molecule has 0 fully saturated rings. The lowest BCUT2D eigenvalue weighted by atomic mass is 10.1. The molecular formula is C11H14BrNO. The van der Waals surface area contributed by atoms with Gasteiger partial charge in [-0.2, -0.15) is 5.48 Å². The van der Waals surface area contributed by atoms with Crippen LogP contribution >= 0.6 is 15.9 Å². The molecule has 0 saturated carbocycles. The molecule has 1 aliphatic carbocycles. The smallest absolute Gasteiger partial charge is 0.0654 e. The molecule has 1 aromatic rings. The van der Waals surface area contributed by atoms with Crippen LogP contribution in [0.1, 0.15) is 30.5 Å². The first kappa shape index (κ1) is 10.1. The third kappa shape index (κ3) is 2.00. The number of halogens is 1. The summed E-state index contributed by atoms with van der Waals surface area (Å²) in [6.45, 7) is 2.70. The van der Waals surface area contributed by atoms with Gasteiger partial charge in [-0.25, -0.2) is 0 Å². The number of aryl methyl sites for hydroxylation is 1. The predicted molar refractivity (Wildman–Crippen MR) is 60.0 cm³/mol. The first-order valence-corrected chi connectivity index (χ1v) is 5.76. The zero-order valence-electron chi connectivity index (χ0n) is 8.22. The van der Waals surface area contributed by atoms with Crippen molar-refractivity contribution in [3.8, 4) is 0 Å². The molecule has 0 heterocycles. The fourth-order valence-corrected chi connectivity index (χ4v) is 2.30. The Morgan fingerprint density at radius 1 is 1.57 bits per heavy atom.